The van der Waals surface area contributed by atoms with E-state index in [1.807, 2.05) is 0 Å². The molecule has 1 aromatic carbocycles. The lowest BCUT2D eigenvalue weighted by molar-refractivity contribution is -0.825. The van der Waals surface area contributed by atoms with Crippen LogP contribution in [0.15, 0.2) is 22.6 Å². The van der Waals surface area contributed by atoms with E-state index in [1.54, 1.807) is 39.0 Å². The van der Waals surface area contributed by atoms with Gasteiger partial charge in [0.05, 0.1) is 22.1 Å². The molecule has 1 rings (SSSR count). The Morgan fingerprint density at radius 3 is 2.54 bits per heavy atom. The third kappa shape index (κ3) is 9.14. The second kappa shape index (κ2) is 9.86. The molecule has 8 nitrogen and oxygen atoms in total. The summed E-state index contributed by atoms with van der Waals surface area (Å²) in [6.07, 6.45) is 1.84. The number of aliphatic hydroxyl groups is 1. The minimum Gasteiger partial charge on any atom is -0.493 e. The van der Waals surface area contributed by atoms with Crippen molar-refractivity contribution in [3.8, 4) is 5.75 Å². The Bertz CT molecular complexity index is 720. The minimum atomic E-state index is -2.86. The quantitative estimate of drug-likeness (QED) is 0.355. The van der Waals surface area contributed by atoms with Crippen LogP contribution in [0.4, 0.5) is 10.5 Å². The standard InChI is InChI=1S/C17H28N2O6S/c1-17(2,3)25-16(21)19-26(4,23)12-13-9-14(18-22)11-15(10-13)24-8-6-5-7-20/h9-11,18,20,22H,5-8,12H2,1-4H3/p+1. The van der Waals surface area contributed by atoms with Gasteiger partial charge in [-0.3, -0.25) is 0 Å². The van der Waals surface area contributed by atoms with Crippen LogP contribution in [0.5, 0.6) is 5.75 Å². The Morgan fingerprint density at radius 1 is 1.27 bits per heavy atom. The van der Waals surface area contributed by atoms with Crippen LogP contribution in [-0.2, 0) is 20.2 Å². The molecule has 26 heavy (non-hydrogen) atoms. The van der Waals surface area contributed by atoms with Gasteiger partial charge in [0.1, 0.15) is 11.4 Å². The first kappa shape index (κ1) is 22.4. The topological polar surface area (TPSA) is 122 Å². The van der Waals surface area contributed by atoms with E-state index in [0.717, 1.165) is 5.48 Å². The van der Waals surface area contributed by atoms with E-state index in [9.17, 15) is 14.2 Å². The van der Waals surface area contributed by atoms with Gasteiger partial charge in [0.2, 0.25) is 0 Å². The van der Waals surface area contributed by atoms with Crippen molar-refractivity contribution < 1.29 is 34.3 Å². The van der Waals surface area contributed by atoms with Crippen LogP contribution in [-0.4, -0.2) is 45.7 Å². The van der Waals surface area contributed by atoms with Gasteiger partial charge in [-0.1, -0.05) is 0 Å². The largest absolute Gasteiger partial charge is 0.493 e. The molecule has 0 aliphatic rings. The highest BCUT2D eigenvalue weighted by Crippen LogP contribution is 2.21. The number of nitrogens with two attached hydrogens (primary N) is 1. The average Bonchev–Trinajstić information content (AvgIpc) is 2.48. The number of carbonyl (C=O) groups is 1. The van der Waals surface area contributed by atoms with Crippen LogP contribution in [0.2, 0.25) is 0 Å². The normalized spacial score (nSPS) is 13.8. The molecular weight excluding hydrogens is 360 g/mol. The number of carbonyl (C=O) groups excluding carboxylic acids is 1. The summed E-state index contributed by atoms with van der Waals surface area (Å²) in [5.41, 5.74) is 1.32. The van der Waals surface area contributed by atoms with Gasteiger partial charge in [0.25, 0.3) is 0 Å². The fourth-order valence-corrected chi connectivity index (χ4v) is 3.31. The molecule has 1 amide bonds. The summed E-state index contributed by atoms with van der Waals surface area (Å²) in [6, 6.07) is 4.99. The van der Waals surface area contributed by atoms with Crippen LogP contribution in [0.25, 0.3) is 0 Å². The summed E-state index contributed by atoms with van der Waals surface area (Å²) < 4.78 is 27.0. The van der Waals surface area contributed by atoms with E-state index in [0.29, 0.717) is 36.4 Å². The van der Waals surface area contributed by atoms with Crippen molar-refractivity contribution in [1.29, 1.82) is 0 Å². The van der Waals surface area contributed by atoms with E-state index >= 15 is 0 Å². The zero-order chi connectivity index (χ0) is 19.8. The van der Waals surface area contributed by atoms with E-state index in [2.05, 4.69) is 4.36 Å². The van der Waals surface area contributed by atoms with Gasteiger partial charge < -0.3 is 14.6 Å². The number of unbranched alkanes of at least 4 members (excludes halogenated alkanes) is 1. The molecule has 0 aromatic heterocycles. The molecule has 0 radical (unpaired) electrons. The summed E-state index contributed by atoms with van der Waals surface area (Å²) in [6.45, 7) is 5.64. The second-order valence-corrected chi connectivity index (χ2v) is 9.38. The van der Waals surface area contributed by atoms with Gasteiger partial charge in [-0.25, -0.2) is 14.2 Å². The molecule has 9 heteroatoms. The highest BCUT2D eigenvalue weighted by atomic mass is 32.2. The van der Waals surface area contributed by atoms with Crippen molar-refractivity contribution in [2.75, 3.05) is 19.5 Å². The average molecular weight is 389 g/mol. The van der Waals surface area contributed by atoms with Crippen molar-refractivity contribution in [1.82, 2.24) is 0 Å². The van der Waals surface area contributed by atoms with Crippen LogP contribution in [0.1, 0.15) is 39.2 Å². The first-order valence-electron chi connectivity index (χ1n) is 8.32. The predicted molar refractivity (Wildman–Crippen MR) is 98.1 cm³/mol. The number of hydrogen-bond acceptors (Lipinski definition) is 6. The molecule has 0 fully saturated rings. The molecular formula is C17H29N2O6S+. The van der Waals surface area contributed by atoms with Crippen molar-refractivity contribution in [3.05, 3.63) is 23.8 Å². The van der Waals surface area contributed by atoms with E-state index < -0.39 is 21.4 Å². The van der Waals surface area contributed by atoms with Crippen molar-refractivity contribution in [2.45, 2.75) is 45.0 Å². The van der Waals surface area contributed by atoms with Gasteiger partial charge in [-0.15, -0.1) is 4.36 Å². The monoisotopic (exact) mass is 389 g/mol. The zero-order valence-electron chi connectivity index (χ0n) is 15.7. The summed E-state index contributed by atoms with van der Waals surface area (Å²) in [7, 11) is -2.86. The smallest absolute Gasteiger partial charge is 0.442 e. The Morgan fingerprint density at radius 2 is 1.96 bits per heavy atom. The van der Waals surface area contributed by atoms with Crippen LogP contribution >= 0.6 is 0 Å². The number of benzene rings is 1. The number of nitrogens with zero attached hydrogens (tertiary/aromatic N) is 1. The molecule has 1 atom stereocenters. The number of hydrogen-bond donors (Lipinski definition) is 3. The van der Waals surface area contributed by atoms with Gasteiger partial charge in [-0.2, -0.15) is 5.48 Å². The maximum Gasteiger partial charge on any atom is 0.442 e. The van der Waals surface area contributed by atoms with Gasteiger partial charge in [-0.05, 0) is 45.2 Å². The number of amides is 1. The maximum atomic E-state index is 12.7. The van der Waals surface area contributed by atoms with Gasteiger partial charge in [0.15, 0.2) is 5.69 Å². The lowest BCUT2D eigenvalue weighted by Crippen LogP contribution is -2.73. The Balaban J connectivity index is 2.92. The van der Waals surface area contributed by atoms with Crippen LogP contribution in [0.3, 0.4) is 0 Å². The molecule has 1 aromatic rings. The molecule has 0 aliphatic carbocycles. The fourth-order valence-electron chi connectivity index (χ4n) is 2.11. The van der Waals surface area contributed by atoms with Crippen LogP contribution < -0.4 is 10.2 Å². The highest BCUT2D eigenvalue weighted by molar-refractivity contribution is 7.92. The second-order valence-electron chi connectivity index (χ2n) is 6.99. The van der Waals surface area contributed by atoms with Crippen molar-refractivity contribution >= 4 is 21.5 Å². The maximum absolute atomic E-state index is 12.7. The summed E-state index contributed by atoms with van der Waals surface area (Å²) >= 11 is 0. The fraction of sp³-hybridized carbons (Fsp3) is 0.588. The van der Waals surface area contributed by atoms with Crippen molar-refractivity contribution in [3.63, 3.8) is 0 Å². The first-order valence-corrected chi connectivity index (χ1v) is 10.4. The van der Waals surface area contributed by atoms with Gasteiger partial charge in [0, 0.05) is 25.0 Å². The molecule has 0 saturated heterocycles. The third-order valence-corrected chi connectivity index (χ3v) is 4.46. The summed E-state index contributed by atoms with van der Waals surface area (Å²) in [5, 5.41) is 18.1. The molecule has 4 N–H and O–H groups in total. The highest BCUT2D eigenvalue weighted by Gasteiger charge is 2.18. The molecule has 1 unspecified atom stereocenters. The van der Waals surface area contributed by atoms with E-state index in [-0.39, 0.29) is 12.4 Å². The number of rotatable bonds is 8. The van der Waals surface area contributed by atoms with Gasteiger partial charge >= 0.3 is 6.09 Å². The molecule has 0 saturated carbocycles. The Hall–Kier alpha value is -1.68. The lowest BCUT2D eigenvalue weighted by atomic mass is 10.2. The number of ether oxygens (including phenoxy) is 2. The minimum absolute atomic E-state index is 0.0148. The molecule has 148 valence electrons. The molecule has 0 aliphatic heterocycles. The lowest BCUT2D eigenvalue weighted by Gasteiger charge is -2.17. The zero-order valence-corrected chi connectivity index (χ0v) is 16.5. The molecule has 0 bridgehead atoms. The predicted octanol–water partition coefficient (Wildman–Crippen LogP) is 1.95. The molecule has 0 heterocycles. The number of aliphatic hydroxyl groups excluding tert-OH is 1. The van der Waals surface area contributed by atoms with E-state index in [4.69, 9.17) is 14.6 Å². The summed E-state index contributed by atoms with van der Waals surface area (Å²) in [4.78, 5) is 11.8. The van der Waals surface area contributed by atoms with E-state index in [1.165, 1.54) is 6.26 Å². The molecule has 0 spiro atoms. The van der Waals surface area contributed by atoms with Crippen LogP contribution in [0, 0.1) is 0 Å². The summed E-state index contributed by atoms with van der Waals surface area (Å²) in [5.74, 6) is 0.522. The third-order valence-electron chi connectivity index (χ3n) is 3.05. The number of quaternary nitrogens is 1. The Kier molecular flexibility index (Phi) is 8.48. The first-order chi connectivity index (χ1) is 12.0. The Labute approximate surface area is 154 Å². The van der Waals surface area contributed by atoms with Crippen molar-refractivity contribution in [2.24, 2.45) is 4.36 Å². The SMILES string of the molecule is CC(C)(C)OC(=O)N=S(C)(=O)Cc1cc([NH2+]O)cc(OCCCCO)c1.